The highest BCUT2D eigenvalue weighted by Crippen LogP contribution is 2.23. The SMILES string of the molecule is COc1cccc(F)c1C(=O)Nc1ccc(Cl)nc1C. The van der Waals surface area contributed by atoms with E-state index in [0.29, 0.717) is 16.5 Å². The van der Waals surface area contributed by atoms with Gasteiger partial charge in [0, 0.05) is 0 Å². The van der Waals surface area contributed by atoms with E-state index in [1.54, 1.807) is 19.1 Å². The Morgan fingerprint density at radius 3 is 2.75 bits per heavy atom. The predicted molar refractivity (Wildman–Crippen MR) is 74.9 cm³/mol. The smallest absolute Gasteiger partial charge is 0.262 e. The summed E-state index contributed by atoms with van der Waals surface area (Å²) in [5.41, 5.74) is 0.857. The molecule has 104 valence electrons. The largest absolute Gasteiger partial charge is 0.496 e. The maximum absolute atomic E-state index is 13.8. The maximum Gasteiger partial charge on any atom is 0.262 e. The molecule has 1 heterocycles. The number of carbonyl (C=O) groups excluding carboxylic acids is 1. The van der Waals surface area contributed by atoms with Crippen molar-refractivity contribution in [3.8, 4) is 5.75 Å². The second-order valence-electron chi connectivity index (χ2n) is 4.04. The number of carbonyl (C=O) groups is 1. The van der Waals surface area contributed by atoms with E-state index in [-0.39, 0.29) is 11.3 Å². The fourth-order valence-electron chi connectivity index (χ4n) is 1.74. The third-order valence-corrected chi connectivity index (χ3v) is 2.93. The molecule has 20 heavy (non-hydrogen) atoms. The Balaban J connectivity index is 2.33. The molecule has 0 radical (unpaired) electrons. The number of aryl methyl sites for hydroxylation is 1. The van der Waals surface area contributed by atoms with E-state index in [1.165, 1.54) is 25.3 Å². The summed E-state index contributed by atoms with van der Waals surface area (Å²) < 4.78 is 18.8. The Kier molecular flexibility index (Phi) is 4.20. The zero-order chi connectivity index (χ0) is 14.7. The van der Waals surface area contributed by atoms with Crippen molar-refractivity contribution in [1.29, 1.82) is 0 Å². The van der Waals surface area contributed by atoms with Gasteiger partial charge in [0.25, 0.3) is 5.91 Å². The van der Waals surface area contributed by atoms with Crippen LogP contribution >= 0.6 is 11.6 Å². The van der Waals surface area contributed by atoms with Crippen LogP contribution in [0.4, 0.5) is 10.1 Å². The van der Waals surface area contributed by atoms with Gasteiger partial charge >= 0.3 is 0 Å². The number of nitrogens with one attached hydrogen (secondary N) is 1. The zero-order valence-corrected chi connectivity index (χ0v) is 11.7. The van der Waals surface area contributed by atoms with Gasteiger partial charge in [0.05, 0.1) is 18.5 Å². The molecule has 0 bridgehead atoms. The standard InChI is InChI=1S/C14H12ClFN2O2/c1-8-10(6-7-12(15)17-8)18-14(19)13-9(16)4-3-5-11(13)20-2/h3-7H,1-2H3,(H,18,19). The van der Waals surface area contributed by atoms with Gasteiger partial charge in [0.2, 0.25) is 0 Å². The average molecular weight is 295 g/mol. The molecule has 0 fully saturated rings. The molecule has 0 aliphatic heterocycles. The molecular weight excluding hydrogens is 283 g/mol. The minimum atomic E-state index is -0.651. The molecule has 0 spiro atoms. The van der Waals surface area contributed by atoms with Crippen LogP contribution in [0.15, 0.2) is 30.3 Å². The molecule has 1 amide bonds. The van der Waals surface area contributed by atoms with Crippen molar-refractivity contribution in [1.82, 2.24) is 4.98 Å². The van der Waals surface area contributed by atoms with Crippen LogP contribution in [0.2, 0.25) is 5.15 Å². The Labute approximate surface area is 120 Å². The van der Waals surface area contributed by atoms with Gasteiger partial charge in [-0.1, -0.05) is 17.7 Å². The molecule has 0 saturated heterocycles. The predicted octanol–water partition coefficient (Wildman–Crippen LogP) is 3.44. The van der Waals surface area contributed by atoms with Crippen molar-refractivity contribution in [3.63, 3.8) is 0 Å². The third-order valence-electron chi connectivity index (χ3n) is 2.72. The summed E-state index contributed by atoms with van der Waals surface area (Å²) in [5, 5.41) is 2.91. The Hall–Kier alpha value is -2.14. The summed E-state index contributed by atoms with van der Waals surface area (Å²) in [5.74, 6) is -1.09. The van der Waals surface area contributed by atoms with Crippen LogP contribution in [0.25, 0.3) is 0 Å². The van der Waals surface area contributed by atoms with E-state index >= 15 is 0 Å². The Morgan fingerprint density at radius 1 is 1.35 bits per heavy atom. The molecule has 0 saturated carbocycles. The monoisotopic (exact) mass is 294 g/mol. The van der Waals surface area contributed by atoms with Crippen LogP contribution < -0.4 is 10.1 Å². The number of halogens is 2. The fraction of sp³-hybridized carbons (Fsp3) is 0.143. The van der Waals surface area contributed by atoms with Crippen molar-refractivity contribution < 1.29 is 13.9 Å². The molecule has 0 aliphatic rings. The lowest BCUT2D eigenvalue weighted by Crippen LogP contribution is -2.16. The lowest BCUT2D eigenvalue weighted by Gasteiger charge is -2.11. The van der Waals surface area contributed by atoms with Gasteiger partial charge in [0.1, 0.15) is 22.3 Å². The number of amides is 1. The maximum atomic E-state index is 13.8. The van der Waals surface area contributed by atoms with Crippen LogP contribution in [0.5, 0.6) is 5.75 Å². The molecule has 0 unspecified atom stereocenters. The van der Waals surface area contributed by atoms with Gasteiger partial charge in [-0.25, -0.2) is 9.37 Å². The number of anilines is 1. The normalized spacial score (nSPS) is 10.2. The van der Waals surface area contributed by atoms with Crippen LogP contribution in [-0.4, -0.2) is 18.0 Å². The number of benzene rings is 1. The number of methoxy groups -OCH3 is 1. The van der Waals surface area contributed by atoms with Gasteiger partial charge in [-0.15, -0.1) is 0 Å². The highest BCUT2D eigenvalue weighted by atomic mass is 35.5. The lowest BCUT2D eigenvalue weighted by atomic mass is 10.1. The van der Waals surface area contributed by atoms with E-state index in [1.807, 2.05) is 0 Å². The minimum absolute atomic E-state index is 0.149. The summed E-state index contributed by atoms with van der Waals surface area (Å²) in [6, 6.07) is 7.34. The first-order chi connectivity index (χ1) is 9.52. The van der Waals surface area contributed by atoms with E-state index < -0.39 is 11.7 Å². The second kappa shape index (κ2) is 5.88. The number of hydrogen-bond acceptors (Lipinski definition) is 3. The molecule has 1 aromatic heterocycles. The summed E-state index contributed by atoms with van der Waals surface area (Å²) in [6.07, 6.45) is 0. The molecule has 2 rings (SSSR count). The highest BCUT2D eigenvalue weighted by molar-refractivity contribution is 6.29. The van der Waals surface area contributed by atoms with Crippen molar-refractivity contribution >= 4 is 23.2 Å². The number of aromatic nitrogens is 1. The van der Waals surface area contributed by atoms with Crippen LogP contribution in [0, 0.1) is 12.7 Å². The minimum Gasteiger partial charge on any atom is -0.496 e. The number of nitrogens with zero attached hydrogens (tertiary/aromatic N) is 1. The van der Waals surface area contributed by atoms with Gasteiger partial charge in [-0.05, 0) is 31.2 Å². The molecular formula is C14H12ClFN2O2. The van der Waals surface area contributed by atoms with Crippen LogP contribution in [0.1, 0.15) is 16.1 Å². The number of hydrogen-bond donors (Lipinski definition) is 1. The summed E-state index contributed by atoms with van der Waals surface area (Å²) in [7, 11) is 1.38. The van der Waals surface area contributed by atoms with E-state index in [9.17, 15) is 9.18 Å². The van der Waals surface area contributed by atoms with Crippen molar-refractivity contribution in [3.05, 3.63) is 52.6 Å². The summed E-state index contributed by atoms with van der Waals surface area (Å²) in [4.78, 5) is 16.2. The molecule has 4 nitrogen and oxygen atoms in total. The van der Waals surface area contributed by atoms with Crippen LogP contribution in [-0.2, 0) is 0 Å². The zero-order valence-electron chi connectivity index (χ0n) is 10.9. The van der Waals surface area contributed by atoms with Gasteiger partial charge in [0.15, 0.2) is 0 Å². The topological polar surface area (TPSA) is 51.2 Å². The van der Waals surface area contributed by atoms with E-state index in [0.717, 1.165) is 0 Å². The average Bonchev–Trinajstić information content (AvgIpc) is 2.41. The van der Waals surface area contributed by atoms with Crippen LogP contribution in [0.3, 0.4) is 0 Å². The summed E-state index contributed by atoms with van der Waals surface area (Å²) >= 11 is 5.74. The highest BCUT2D eigenvalue weighted by Gasteiger charge is 2.18. The van der Waals surface area contributed by atoms with Crippen molar-refractivity contribution in [2.24, 2.45) is 0 Å². The van der Waals surface area contributed by atoms with Gasteiger partial charge in [-0.2, -0.15) is 0 Å². The second-order valence-corrected chi connectivity index (χ2v) is 4.43. The molecule has 1 aromatic carbocycles. The van der Waals surface area contributed by atoms with Crippen molar-refractivity contribution in [2.45, 2.75) is 6.92 Å². The third kappa shape index (κ3) is 2.88. The number of ether oxygens (including phenoxy) is 1. The molecule has 6 heteroatoms. The molecule has 0 aliphatic carbocycles. The Morgan fingerprint density at radius 2 is 2.10 bits per heavy atom. The number of rotatable bonds is 3. The van der Waals surface area contributed by atoms with E-state index in [2.05, 4.69) is 10.3 Å². The quantitative estimate of drug-likeness (QED) is 0.882. The summed E-state index contributed by atoms with van der Waals surface area (Å²) in [6.45, 7) is 1.69. The van der Waals surface area contributed by atoms with Crippen molar-refractivity contribution in [2.75, 3.05) is 12.4 Å². The first kappa shape index (κ1) is 14.3. The first-order valence-electron chi connectivity index (χ1n) is 5.80. The van der Waals surface area contributed by atoms with Gasteiger partial charge in [-0.3, -0.25) is 4.79 Å². The molecule has 2 aromatic rings. The number of pyridine rings is 1. The Bertz CT molecular complexity index is 662. The lowest BCUT2D eigenvalue weighted by molar-refractivity contribution is 0.102. The first-order valence-corrected chi connectivity index (χ1v) is 6.17. The van der Waals surface area contributed by atoms with Gasteiger partial charge < -0.3 is 10.1 Å². The molecule has 1 N–H and O–H groups in total. The van der Waals surface area contributed by atoms with E-state index in [4.69, 9.17) is 16.3 Å². The fourth-order valence-corrected chi connectivity index (χ4v) is 1.93. The molecule has 0 atom stereocenters.